The summed E-state index contributed by atoms with van der Waals surface area (Å²) in [6.45, 7) is 4.28. The zero-order valence-corrected chi connectivity index (χ0v) is 14.9. The number of anilines is 3. The molecule has 3 rings (SSSR count). The zero-order valence-electron chi connectivity index (χ0n) is 14.9. The maximum Gasteiger partial charge on any atom is 0.274 e. The molecule has 5 nitrogen and oxygen atoms in total. The monoisotopic (exact) mass is 368 g/mol. The van der Waals surface area contributed by atoms with Crippen molar-refractivity contribution in [3.05, 3.63) is 77.8 Å². The number of carbonyl (C=O) groups excluding carboxylic acids is 1. The lowest BCUT2D eigenvalue weighted by molar-refractivity contribution is 0.102. The topological polar surface area (TPSA) is 58.1 Å². The average Bonchev–Trinajstić information content (AvgIpc) is 2.65. The first kappa shape index (κ1) is 18.4. The minimum absolute atomic E-state index is 0.0932. The van der Waals surface area contributed by atoms with Crippen molar-refractivity contribution in [2.75, 3.05) is 16.8 Å². The minimum atomic E-state index is -0.853. The molecule has 3 aromatic rings. The van der Waals surface area contributed by atoms with Crippen molar-refractivity contribution in [2.24, 2.45) is 0 Å². The number of halogens is 2. The quantitative estimate of drug-likeness (QED) is 0.722. The standard InChI is InChI=1S/C20H18F2N4O/c1-3-26(15-7-5-4-6-8-15)19-12-18(23-13(2)24-19)20(27)25-17-10-9-14(21)11-16(17)22/h4-12H,3H2,1-2H3,(H,25,27). The molecule has 1 N–H and O–H groups in total. The van der Waals surface area contributed by atoms with Crippen molar-refractivity contribution in [1.82, 2.24) is 9.97 Å². The van der Waals surface area contributed by atoms with Crippen molar-refractivity contribution >= 4 is 23.1 Å². The van der Waals surface area contributed by atoms with Gasteiger partial charge in [-0.3, -0.25) is 4.79 Å². The van der Waals surface area contributed by atoms with Gasteiger partial charge in [-0.1, -0.05) is 18.2 Å². The fourth-order valence-electron chi connectivity index (χ4n) is 2.67. The number of nitrogens with one attached hydrogen (secondary N) is 1. The highest BCUT2D eigenvalue weighted by molar-refractivity contribution is 6.03. The van der Waals surface area contributed by atoms with Crippen LogP contribution in [0.1, 0.15) is 23.2 Å². The Morgan fingerprint density at radius 3 is 2.48 bits per heavy atom. The summed E-state index contributed by atoms with van der Waals surface area (Å²) >= 11 is 0. The van der Waals surface area contributed by atoms with Crippen LogP contribution in [0.4, 0.5) is 26.0 Å². The molecule has 0 bridgehead atoms. The Morgan fingerprint density at radius 1 is 1.07 bits per heavy atom. The van der Waals surface area contributed by atoms with E-state index in [0.29, 0.717) is 24.3 Å². The number of para-hydroxylation sites is 1. The van der Waals surface area contributed by atoms with Crippen molar-refractivity contribution < 1.29 is 13.6 Å². The summed E-state index contributed by atoms with van der Waals surface area (Å²) in [6, 6.07) is 14.1. The molecule has 27 heavy (non-hydrogen) atoms. The first-order chi connectivity index (χ1) is 13.0. The molecule has 138 valence electrons. The first-order valence-corrected chi connectivity index (χ1v) is 8.42. The van der Waals surface area contributed by atoms with Gasteiger partial charge in [0, 0.05) is 24.4 Å². The molecule has 1 amide bonds. The molecular formula is C20H18F2N4O. The molecule has 0 aliphatic carbocycles. The maximum absolute atomic E-state index is 13.8. The third-order valence-corrected chi connectivity index (χ3v) is 3.90. The van der Waals surface area contributed by atoms with Crippen LogP contribution >= 0.6 is 0 Å². The molecule has 0 atom stereocenters. The van der Waals surface area contributed by atoms with Gasteiger partial charge in [-0.2, -0.15) is 0 Å². The van der Waals surface area contributed by atoms with E-state index in [1.807, 2.05) is 42.2 Å². The number of amides is 1. The fraction of sp³-hybridized carbons (Fsp3) is 0.150. The summed E-state index contributed by atoms with van der Waals surface area (Å²) in [4.78, 5) is 23.0. The van der Waals surface area contributed by atoms with Crippen LogP contribution in [0.25, 0.3) is 0 Å². The molecule has 2 aromatic carbocycles. The highest BCUT2D eigenvalue weighted by atomic mass is 19.1. The molecule has 1 heterocycles. The van der Waals surface area contributed by atoms with Crippen molar-refractivity contribution in [3.63, 3.8) is 0 Å². The lowest BCUT2D eigenvalue weighted by atomic mass is 10.2. The van der Waals surface area contributed by atoms with Gasteiger partial charge >= 0.3 is 0 Å². The lowest BCUT2D eigenvalue weighted by Crippen LogP contribution is -2.21. The largest absolute Gasteiger partial charge is 0.327 e. The highest BCUT2D eigenvalue weighted by Gasteiger charge is 2.16. The Hall–Kier alpha value is -3.35. The number of hydrogen-bond acceptors (Lipinski definition) is 4. The molecule has 0 radical (unpaired) electrons. The number of aryl methyl sites for hydroxylation is 1. The summed E-state index contributed by atoms with van der Waals surface area (Å²) < 4.78 is 26.8. The predicted molar refractivity (Wildman–Crippen MR) is 100 cm³/mol. The zero-order chi connectivity index (χ0) is 19.4. The van der Waals surface area contributed by atoms with Crippen LogP contribution in [0.15, 0.2) is 54.6 Å². The van der Waals surface area contributed by atoms with Crippen LogP contribution in [0.5, 0.6) is 0 Å². The van der Waals surface area contributed by atoms with Gasteiger partial charge in [0.2, 0.25) is 0 Å². The summed E-state index contributed by atoms with van der Waals surface area (Å²) in [5.74, 6) is -1.20. The second-order valence-corrected chi connectivity index (χ2v) is 5.82. The van der Waals surface area contributed by atoms with E-state index in [4.69, 9.17) is 0 Å². The smallest absolute Gasteiger partial charge is 0.274 e. The van der Waals surface area contributed by atoms with Crippen LogP contribution in [-0.2, 0) is 0 Å². The number of nitrogens with zero attached hydrogens (tertiary/aromatic N) is 3. The predicted octanol–water partition coefficient (Wildman–Crippen LogP) is 4.47. The van der Waals surface area contributed by atoms with Gasteiger partial charge in [-0.05, 0) is 38.1 Å². The van der Waals surface area contributed by atoms with E-state index in [9.17, 15) is 13.6 Å². The summed E-state index contributed by atoms with van der Waals surface area (Å²) in [5, 5.41) is 2.42. The first-order valence-electron chi connectivity index (χ1n) is 8.42. The normalized spacial score (nSPS) is 10.5. The van der Waals surface area contributed by atoms with E-state index in [2.05, 4.69) is 15.3 Å². The van der Waals surface area contributed by atoms with Crippen molar-refractivity contribution in [1.29, 1.82) is 0 Å². The summed E-state index contributed by atoms with van der Waals surface area (Å²) in [7, 11) is 0. The summed E-state index contributed by atoms with van der Waals surface area (Å²) in [5.41, 5.74) is 0.902. The maximum atomic E-state index is 13.8. The van der Waals surface area contributed by atoms with Gasteiger partial charge in [-0.25, -0.2) is 18.7 Å². The fourth-order valence-corrected chi connectivity index (χ4v) is 2.67. The van der Waals surface area contributed by atoms with E-state index in [1.54, 1.807) is 13.0 Å². The van der Waals surface area contributed by atoms with Crippen LogP contribution in [-0.4, -0.2) is 22.4 Å². The van der Waals surface area contributed by atoms with Crippen LogP contribution in [0.3, 0.4) is 0 Å². The third kappa shape index (κ3) is 4.25. The Labute approximate surface area is 155 Å². The van der Waals surface area contributed by atoms with E-state index in [-0.39, 0.29) is 11.4 Å². The molecular weight excluding hydrogens is 350 g/mol. The number of benzene rings is 2. The number of carbonyl (C=O) groups is 1. The van der Waals surface area contributed by atoms with Gasteiger partial charge in [0.15, 0.2) is 0 Å². The van der Waals surface area contributed by atoms with Gasteiger partial charge in [0.25, 0.3) is 5.91 Å². The Bertz CT molecular complexity index is 963. The molecule has 0 fully saturated rings. The van der Waals surface area contributed by atoms with E-state index < -0.39 is 17.5 Å². The minimum Gasteiger partial charge on any atom is -0.327 e. The Kier molecular flexibility index (Phi) is 5.40. The molecule has 1 aromatic heterocycles. The Morgan fingerprint density at radius 2 is 1.81 bits per heavy atom. The number of aromatic nitrogens is 2. The number of hydrogen-bond donors (Lipinski definition) is 1. The second kappa shape index (κ2) is 7.90. The Balaban J connectivity index is 1.91. The van der Waals surface area contributed by atoms with Crippen molar-refractivity contribution in [3.8, 4) is 0 Å². The van der Waals surface area contributed by atoms with Gasteiger partial charge < -0.3 is 10.2 Å². The molecule has 0 unspecified atom stereocenters. The van der Waals surface area contributed by atoms with Crippen LogP contribution in [0.2, 0.25) is 0 Å². The third-order valence-electron chi connectivity index (χ3n) is 3.90. The molecule has 0 aliphatic heterocycles. The summed E-state index contributed by atoms with van der Waals surface area (Å²) in [6.07, 6.45) is 0. The van der Waals surface area contributed by atoms with Crippen molar-refractivity contribution in [2.45, 2.75) is 13.8 Å². The molecule has 0 saturated carbocycles. The number of rotatable bonds is 5. The average molecular weight is 368 g/mol. The van der Waals surface area contributed by atoms with Gasteiger partial charge in [-0.15, -0.1) is 0 Å². The van der Waals surface area contributed by atoms with Gasteiger partial charge in [0.1, 0.15) is 29.0 Å². The van der Waals surface area contributed by atoms with Gasteiger partial charge in [0.05, 0.1) is 5.69 Å². The molecule has 0 spiro atoms. The van der Waals surface area contributed by atoms with E-state index in [1.165, 1.54) is 6.07 Å². The lowest BCUT2D eigenvalue weighted by Gasteiger charge is -2.22. The van der Waals surface area contributed by atoms with Crippen LogP contribution in [0, 0.1) is 18.6 Å². The molecule has 0 saturated heterocycles. The van der Waals surface area contributed by atoms with Crippen LogP contribution < -0.4 is 10.2 Å². The van der Waals surface area contributed by atoms with E-state index >= 15 is 0 Å². The molecule has 7 heteroatoms. The SMILES string of the molecule is CCN(c1ccccc1)c1cc(C(=O)Nc2ccc(F)cc2F)nc(C)n1. The van der Waals surface area contributed by atoms with E-state index in [0.717, 1.165) is 11.8 Å². The second-order valence-electron chi connectivity index (χ2n) is 5.82. The molecule has 0 aliphatic rings. The highest BCUT2D eigenvalue weighted by Crippen LogP contribution is 2.24.